The van der Waals surface area contributed by atoms with Crippen LogP contribution in [0.4, 0.5) is 0 Å². The van der Waals surface area contributed by atoms with Gasteiger partial charge in [-0.2, -0.15) is 0 Å². The fraction of sp³-hybridized carbons (Fsp3) is 0.269. The van der Waals surface area contributed by atoms with Gasteiger partial charge in [0.25, 0.3) is 0 Å². The third-order valence-electron chi connectivity index (χ3n) is 5.64. The molecule has 5 heteroatoms. The van der Waals surface area contributed by atoms with E-state index in [2.05, 4.69) is 47.1 Å². The summed E-state index contributed by atoms with van der Waals surface area (Å²) in [5, 5.41) is 3.11. The topological polar surface area (TPSA) is 48.3 Å². The SMILES string of the molecule is CCn1c(C(OC)(c2ccccc2)c2ccccc2)nc2ccc(OCCNC)cc21. The number of nitrogens with one attached hydrogen (secondary N) is 1. The number of nitrogens with zero attached hydrogens (tertiary/aromatic N) is 2. The van der Waals surface area contributed by atoms with Gasteiger partial charge in [0, 0.05) is 26.3 Å². The molecule has 0 spiro atoms. The quantitative estimate of drug-likeness (QED) is 0.406. The Bertz CT molecular complexity index is 1080. The molecule has 0 bridgehead atoms. The van der Waals surface area contributed by atoms with Crippen LogP contribution in [-0.4, -0.2) is 36.9 Å². The summed E-state index contributed by atoms with van der Waals surface area (Å²) >= 11 is 0. The molecular formula is C26H29N3O2. The maximum absolute atomic E-state index is 6.36. The maximum Gasteiger partial charge on any atom is 0.175 e. The molecule has 160 valence electrons. The van der Waals surface area contributed by atoms with Crippen molar-refractivity contribution in [2.24, 2.45) is 0 Å². The van der Waals surface area contributed by atoms with E-state index in [1.165, 1.54) is 0 Å². The van der Waals surface area contributed by atoms with E-state index in [-0.39, 0.29) is 0 Å². The van der Waals surface area contributed by atoms with Gasteiger partial charge in [0.1, 0.15) is 12.4 Å². The highest BCUT2D eigenvalue weighted by molar-refractivity contribution is 5.78. The Morgan fingerprint density at radius 3 is 2.13 bits per heavy atom. The zero-order valence-electron chi connectivity index (χ0n) is 18.3. The van der Waals surface area contributed by atoms with Gasteiger partial charge < -0.3 is 19.4 Å². The molecule has 0 aliphatic heterocycles. The number of likely N-dealkylation sites (N-methyl/N-ethyl adjacent to an activating group) is 1. The smallest absolute Gasteiger partial charge is 0.175 e. The van der Waals surface area contributed by atoms with Crippen LogP contribution in [0.15, 0.2) is 78.9 Å². The normalized spacial score (nSPS) is 11.7. The Morgan fingerprint density at radius 1 is 0.935 bits per heavy atom. The highest BCUT2D eigenvalue weighted by Crippen LogP contribution is 2.41. The van der Waals surface area contributed by atoms with Crippen LogP contribution in [-0.2, 0) is 16.9 Å². The predicted molar refractivity (Wildman–Crippen MR) is 125 cm³/mol. The van der Waals surface area contributed by atoms with Crippen LogP contribution in [0.3, 0.4) is 0 Å². The van der Waals surface area contributed by atoms with Crippen LogP contribution < -0.4 is 10.1 Å². The molecule has 5 nitrogen and oxygen atoms in total. The van der Waals surface area contributed by atoms with Gasteiger partial charge in [0.2, 0.25) is 0 Å². The number of hydrogen-bond donors (Lipinski definition) is 1. The second-order valence-electron chi connectivity index (χ2n) is 7.40. The lowest BCUT2D eigenvalue weighted by Gasteiger charge is -2.33. The molecule has 4 aromatic rings. The average molecular weight is 416 g/mol. The van der Waals surface area contributed by atoms with Crippen molar-refractivity contribution >= 4 is 11.0 Å². The van der Waals surface area contributed by atoms with Gasteiger partial charge in [0.15, 0.2) is 11.4 Å². The lowest BCUT2D eigenvalue weighted by molar-refractivity contribution is 0.0482. The minimum atomic E-state index is -0.829. The van der Waals surface area contributed by atoms with E-state index in [1.807, 2.05) is 55.6 Å². The fourth-order valence-corrected chi connectivity index (χ4v) is 4.15. The van der Waals surface area contributed by atoms with E-state index < -0.39 is 5.60 Å². The lowest BCUT2D eigenvalue weighted by atomic mass is 9.85. The largest absolute Gasteiger partial charge is 0.492 e. The van der Waals surface area contributed by atoms with Crippen molar-refractivity contribution in [1.29, 1.82) is 0 Å². The minimum Gasteiger partial charge on any atom is -0.492 e. The molecule has 0 saturated heterocycles. The summed E-state index contributed by atoms with van der Waals surface area (Å²) in [4.78, 5) is 5.09. The third-order valence-corrected chi connectivity index (χ3v) is 5.64. The van der Waals surface area contributed by atoms with Crippen molar-refractivity contribution in [3.8, 4) is 5.75 Å². The second kappa shape index (κ2) is 9.33. The van der Waals surface area contributed by atoms with E-state index >= 15 is 0 Å². The van der Waals surface area contributed by atoms with Crippen molar-refractivity contribution < 1.29 is 9.47 Å². The first-order valence-electron chi connectivity index (χ1n) is 10.7. The van der Waals surface area contributed by atoms with Crippen LogP contribution in [0.2, 0.25) is 0 Å². The Kier molecular flexibility index (Phi) is 6.35. The molecule has 31 heavy (non-hydrogen) atoms. The summed E-state index contributed by atoms with van der Waals surface area (Å²) in [5.74, 6) is 1.70. The number of ether oxygens (including phenoxy) is 2. The monoisotopic (exact) mass is 415 g/mol. The van der Waals surface area contributed by atoms with Gasteiger partial charge in [0.05, 0.1) is 11.0 Å². The number of hydrogen-bond acceptors (Lipinski definition) is 4. The molecule has 1 heterocycles. The van der Waals surface area contributed by atoms with Gasteiger partial charge in [-0.3, -0.25) is 0 Å². The zero-order valence-corrected chi connectivity index (χ0v) is 18.3. The van der Waals surface area contributed by atoms with Crippen LogP contribution in [0, 0.1) is 0 Å². The highest BCUT2D eigenvalue weighted by Gasteiger charge is 2.41. The Hall–Kier alpha value is -3.15. The maximum atomic E-state index is 6.36. The van der Waals surface area contributed by atoms with Crippen molar-refractivity contribution in [2.75, 3.05) is 27.3 Å². The standard InChI is InChI=1S/C26H29N3O2/c1-4-29-24-19-22(31-18-17-27-2)15-16-23(24)28-25(29)26(30-3,20-11-7-5-8-12-20)21-13-9-6-10-14-21/h5-16,19,27H,4,17-18H2,1-3H3. The Labute approximate surface area is 183 Å². The molecule has 1 aromatic heterocycles. The number of fused-ring (bicyclic) bond motifs is 1. The number of aromatic nitrogens is 2. The van der Waals surface area contributed by atoms with E-state index in [1.54, 1.807) is 7.11 Å². The van der Waals surface area contributed by atoms with Gasteiger partial charge in [-0.25, -0.2) is 4.98 Å². The van der Waals surface area contributed by atoms with Crippen molar-refractivity contribution in [2.45, 2.75) is 19.1 Å². The molecule has 0 radical (unpaired) electrons. The Balaban J connectivity index is 1.94. The summed E-state index contributed by atoms with van der Waals surface area (Å²) in [6, 6.07) is 26.7. The molecule has 0 unspecified atom stereocenters. The van der Waals surface area contributed by atoms with Crippen molar-refractivity contribution in [3.05, 3.63) is 95.8 Å². The second-order valence-corrected chi connectivity index (χ2v) is 7.40. The van der Waals surface area contributed by atoms with Gasteiger partial charge in [-0.05, 0) is 37.2 Å². The number of rotatable bonds is 9. The molecule has 1 N–H and O–H groups in total. The first-order chi connectivity index (χ1) is 15.2. The van der Waals surface area contributed by atoms with Gasteiger partial charge in [-0.1, -0.05) is 60.7 Å². The molecule has 4 rings (SSSR count). The van der Waals surface area contributed by atoms with E-state index in [4.69, 9.17) is 14.5 Å². The Morgan fingerprint density at radius 2 is 1.58 bits per heavy atom. The molecule has 0 atom stereocenters. The first kappa shape index (κ1) is 21.1. The summed E-state index contributed by atoms with van der Waals surface area (Å²) in [5.41, 5.74) is 3.21. The molecule has 3 aromatic carbocycles. The van der Waals surface area contributed by atoms with Crippen LogP contribution in [0.5, 0.6) is 5.75 Å². The van der Waals surface area contributed by atoms with Crippen molar-refractivity contribution in [3.63, 3.8) is 0 Å². The number of imidazole rings is 1. The highest BCUT2D eigenvalue weighted by atomic mass is 16.5. The molecule has 0 amide bonds. The van der Waals surface area contributed by atoms with Crippen molar-refractivity contribution in [1.82, 2.24) is 14.9 Å². The van der Waals surface area contributed by atoms with E-state index in [0.717, 1.165) is 46.8 Å². The number of aryl methyl sites for hydroxylation is 1. The summed E-state index contributed by atoms with van der Waals surface area (Å²) in [7, 11) is 3.67. The van der Waals surface area contributed by atoms with Crippen LogP contribution >= 0.6 is 0 Å². The number of benzene rings is 3. The predicted octanol–water partition coefficient (Wildman–Crippen LogP) is 4.59. The fourth-order valence-electron chi connectivity index (χ4n) is 4.15. The average Bonchev–Trinajstić information content (AvgIpc) is 3.20. The van der Waals surface area contributed by atoms with E-state index in [0.29, 0.717) is 6.61 Å². The van der Waals surface area contributed by atoms with Crippen LogP contribution in [0.25, 0.3) is 11.0 Å². The first-order valence-corrected chi connectivity index (χ1v) is 10.7. The van der Waals surface area contributed by atoms with Gasteiger partial charge in [-0.15, -0.1) is 0 Å². The lowest BCUT2D eigenvalue weighted by Crippen LogP contribution is -2.35. The molecule has 0 aliphatic rings. The summed E-state index contributed by atoms with van der Waals surface area (Å²) < 4.78 is 14.5. The van der Waals surface area contributed by atoms with Gasteiger partial charge >= 0.3 is 0 Å². The molecular weight excluding hydrogens is 386 g/mol. The van der Waals surface area contributed by atoms with E-state index in [9.17, 15) is 0 Å². The van der Waals surface area contributed by atoms with Crippen LogP contribution in [0.1, 0.15) is 23.9 Å². The number of methoxy groups -OCH3 is 1. The third kappa shape index (κ3) is 3.82. The summed E-state index contributed by atoms with van der Waals surface area (Å²) in [6.07, 6.45) is 0. The molecule has 0 fully saturated rings. The molecule has 0 aliphatic carbocycles. The zero-order chi connectivity index (χ0) is 21.7. The molecule has 0 saturated carbocycles. The minimum absolute atomic E-state index is 0.616. The summed E-state index contributed by atoms with van der Waals surface area (Å²) in [6.45, 7) is 4.31.